The number of fused-ring (bicyclic) bond motifs is 1. The molecular weight excluding hydrogens is 234 g/mol. The molecule has 5 nitrogen and oxygen atoms in total. The zero-order chi connectivity index (χ0) is 13.1. The van der Waals surface area contributed by atoms with Gasteiger partial charge in [0.1, 0.15) is 5.78 Å². The van der Waals surface area contributed by atoms with Crippen molar-refractivity contribution < 1.29 is 19.1 Å². The predicted octanol–water partition coefficient (Wildman–Crippen LogP) is 1.57. The van der Waals surface area contributed by atoms with Crippen LogP contribution in [0.3, 0.4) is 0 Å². The van der Waals surface area contributed by atoms with E-state index in [9.17, 15) is 9.59 Å². The second-order valence-corrected chi connectivity index (χ2v) is 4.28. The Kier molecular flexibility index (Phi) is 3.50. The molecule has 5 heteroatoms. The maximum Gasteiger partial charge on any atom is 0.231 e. The summed E-state index contributed by atoms with van der Waals surface area (Å²) in [4.78, 5) is 22.3. The van der Waals surface area contributed by atoms with Gasteiger partial charge in [0.05, 0.1) is 12.5 Å². The third kappa shape index (κ3) is 2.80. The highest BCUT2D eigenvalue weighted by Crippen LogP contribution is 2.34. The molecule has 1 aliphatic heterocycles. The topological polar surface area (TPSA) is 64.6 Å². The number of hydrogen-bond acceptors (Lipinski definition) is 4. The van der Waals surface area contributed by atoms with E-state index in [4.69, 9.17) is 9.47 Å². The highest BCUT2D eigenvalue weighted by Gasteiger charge is 2.17. The normalized spacial score (nSPS) is 14.1. The number of nitrogens with one attached hydrogen (secondary N) is 1. The zero-order valence-corrected chi connectivity index (χ0v) is 10.4. The Balaban J connectivity index is 2.03. The maximum absolute atomic E-state index is 11.5. The second kappa shape index (κ2) is 5.08. The first-order chi connectivity index (χ1) is 8.56. The summed E-state index contributed by atoms with van der Waals surface area (Å²) in [5.74, 6) is 0.972. The number of ketones is 1. The van der Waals surface area contributed by atoms with Gasteiger partial charge >= 0.3 is 0 Å². The van der Waals surface area contributed by atoms with Gasteiger partial charge in [-0.05, 0) is 31.5 Å². The van der Waals surface area contributed by atoms with Crippen LogP contribution >= 0.6 is 0 Å². The molecule has 1 aromatic carbocycles. The SMILES string of the molecule is CC(=O)CC(=O)NC(C)c1ccc2c(c1)OCO2. The minimum atomic E-state index is -0.271. The van der Waals surface area contributed by atoms with Crippen LogP contribution in [0.5, 0.6) is 11.5 Å². The van der Waals surface area contributed by atoms with E-state index in [0.717, 1.165) is 5.56 Å². The van der Waals surface area contributed by atoms with Gasteiger partial charge in [0, 0.05) is 0 Å². The Morgan fingerprint density at radius 1 is 1.33 bits per heavy atom. The van der Waals surface area contributed by atoms with Gasteiger partial charge < -0.3 is 14.8 Å². The molecule has 0 radical (unpaired) electrons. The lowest BCUT2D eigenvalue weighted by Gasteiger charge is -2.14. The van der Waals surface area contributed by atoms with Gasteiger partial charge in [-0.3, -0.25) is 9.59 Å². The van der Waals surface area contributed by atoms with Crippen LogP contribution in [0.2, 0.25) is 0 Å². The number of rotatable bonds is 4. The zero-order valence-electron chi connectivity index (χ0n) is 10.4. The van der Waals surface area contributed by atoms with Crippen LogP contribution in [0.15, 0.2) is 18.2 Å². The molecule has 0 saturated heterocycles. The van der Waals surface area contributed by atoms with Crippen LogP contribution < -0.4 is 14.8 Å². The summed E-state index contributed by atoms with van der Waals surface area (Å²) in [6.45, 7) is 3.48. The molecule has 0 saturated carbocycles. The van der Waals surface area contributed by atoms with Gasteiger partial charge in [-0.15, -0.1) is 0 Å². The summed E-state index contributed by atoms with van der Waals surface area (Å²) >= 11 is 0. The Morgan fingerprint density at radius 2 is 2.06 bits per heavy atom. The lowest BCUT2D eigenvalue weighted by molar-refractivity contribution is -0.127. The largest absolute Gasteiger partial charge is 0.454 e. The molecule has 2 rings (SSSR count). The van der Waals surface area contributed by atoms with E-state index in [0.29, 0.717) is 11.5 Å². The summed E-state index contributed by atoms with van der Waals surface area (Å²) in [5, 5.41) is 2.76. The van der Waals surface area contributed by atoms with Crippen LogP contribution in [0.1, 0.15) is 31.9 Å². The Morgan fingerprint density at radius 3 is 2.78 bits per heavy atom. The summed E-state index contributed by atoms with van der Waals surface area (Å²) in [7, 11) is 0. The summed E-state index contributed by atoms with van der Waals surface area (Å²) < 4.78 is 10.5. The maximum atomic E-state index is 11.5. The van der Waals surface area contributed by atoms with Crippen molar-refractivity contribution in [2.24, 2.45) is 0 Å². The van der Waals surface area contributed by atoms with Crippen LogP contribution in [0, 0.1) is 0 Å². The minimum absolute atomic E-state index is 0.0884. The van der Waals surface area contributed by atoms with E-state index in [1.807, 2.05) is 25.1 Å². The fourth-order valence-electron chi connectivity index (χ4n) is 1.78. The molecule has 1 atom stereocenters. The first-order valence-corrected chi connectivity index (χ1v) is 5.74. The fourth-order valence-corrected chi connectivity index (χ4v) is 1.78. The first-order valence-electron chi connectivity index (χ1n) is 5.74. The lowest BCUT2D eigenvalue weighted by Crippen LogP contribution is -2.27. The first kappa shape index (κ1) is 12.4. The summed E-state index contributed by atoms with van der Waals surface area (Å²) in [6.07, 6.45) is -0.0884. The van der Waals surface area contributed by atoms with Crippen LogP contribution in [-0.4, -0.2) is 18.5 Å². The summed E-state index contributed by atoms with van der Waals surface area (Å²) in [6, 6.07) is 5.34. The fraction of sp³-hybridized carbons (Fsp3) is 0.385. The van der Waals surface area contributed by atoms with Crippen molar-refractivity contribution >= 4 is 11.7 Å². The molecular formula is C13H15NO4. The van der Waals surface area contributed by atoms with E-state index in [-0.39, 0.29) is 30.9 Å². The van der Waals surface area contributed by atoms with Crippen LogP contribution in [0.25, 0.3) is 0 Å². The Labute approximate surface area is 105 Å². The molecule has 1 unspecified atom stereocenters. The molecule has 1 N–H and O–H groups in total. The summed E-state index contributed by atoms with van der Waals surface area (Å²) in [5.41, 5.74) is 0.913. The van der Waals surface area contributed by atoms with E-state index in [1.165, 1.54) is 6.92 Å². The molecule has 1 aliphatic rings. The van der Waals surface area contributed by atoms with Gasteiger partial charge in [-0.25, -0.2) is 0 Å². The number of hydrogen-bond donors (Lipinski definition) is 1. The molecule has 0 spiro atoms. The van der Waals surface area contributed by atoms with E-state index < -0.39 is 0 Å². The average molecular weight is 249 g/mol. The van der Waals surface area contributed by atoms with Gasteiger partial charge in [0.2, 0.25) is 12.7 Å². The third-order valence-electron chi connectivity index (χ3n) is 2.68. The lowest BCUT2D eigenvalue weighted by atomic mass is 10.1. The second-order valence-electron chi connectivity index (χ2n) is 4.28. The molecule has 1 aromatic rings. The molecule has 18 heavy (non-hydrogen) atoms. The number of amides is 1. The predicted molar refractivity (Wildman–Crippen MR) is 64.4 cm³/mol. The number of Topliss-reactive ketones (excluding diaryl/α,β-unsaturated/α-hetero) is 1. The molecule has 96 valence electrons. The van der Waals surface area contributed by atoms with Crippen LogP contribution in [0.4, 0.5) is 0 Å². The smallest absolute Gasteiger partial charge is 0.231 e. The highest BCUT2D eigenvalue weighted by atomic mass is 16.7. The highest BCUT2D eigenvalue weighted by molar-refractivity contribution is 5.96. The third-order valence-corrected chi connectivity index (χ3v) is 2.68. The number of ether oxygens (including phenoxy) is 2. The van der Waals surface area contributed by atoms with Crippen molar-refractivity contribution in [1.29, 1.82) is 0 Å². The minimum Gasteiger partial charge on any atom is -0.454 e. The number of benzene rings is 1. The van der Waals surface area contributed by atoms with Crippen molar-refractivity contribution in [2.45, 2.75) is 26.3 Å². The van der Waals surface area contributed by atoms with E-state index in [1.54, 1.807) is 0 Å². The Bertz CT molecular complexity index is 484. The van der Waals surface area contributed by atoms with Crippen molar-refractivity contribution in [1.82, 2.24) is 5.32 Å². The number of carbonyl (C=O) groups excluding carboxylic acids is 2. The molecule has 0 aromatic heterocycles. The van der Waals surface area contributed by atoms with Gasteiger partial charge in [0.15, 0.2) is 11.5 Å². The van der Waals surface area contributed by atoms with Gasteiger partial charge in [-0.2, -0.15) is 0 Å². The molecule has 1 heterocycles. The number of carbonyl (C=O) groups is 2. The van der Waals surface area contributed by atoms with Crippen molar-refractivity contribution in [2.75, 3.05) is 6.79 Å². The van der Waals surface area contributed by atoms with Crippen molar-refractivity contribution in [3.8, 4) is 11.5 Å². The molecule has 1 amide bonds. The van der Waals surface area contributed by atoms with E-state index >= 15 is 0 Å². The molecule has 0 bridgehead atoms. The van der Waals surface area contributed by atoms with Crippen LogP contribution in [-0.2, 0) is 9.59 Å². The van der Waals surface area contributed by atoms with Gasteiger partial charge in [-0.1, -0.05) is 6.07 Å². The quantitative estimate of drug-likeness (QED) is 0.823. The Hall–Kier alpha value is -2.04. The van der Waals surface area contributed by atoms with Crippen molar-refractivity contribution in [3.05, 3.63) is 23.8 Å². The van der Waals surface area contributed by atoms with Crippen molar-refractivity contribution in [3.63, 3.8) is 0 Å². The van der Waals surface area contributed by atoms with Gasteiger partial charge in [0.25, 0.3) is 0 Å². The van der Waals surface area contributed by atoms with E-state index in [2.05, 4.69) is 5.32 Å². The average Bonchev–Trinajstić information content (AvgIpc) is 2.74. The standard InChI is InChI=1S/C13H15NO4/c1-8(15)5-13(16)14-9(2)10-3-4-11-12(6-10)18-7-17-11/h3-4,6,9H,5,7H2,1-2H3,(H,14,16). The molecule has 0 aliphatic carbocycles. The monoisotopic (exact) mass is 249 g/mol. The molecule has 0 fully saturated rings.